The van der Waals surface area contributed by atoms with Gasteiger partial charge in [0.15, 0.2) is 0 Å². The fourth-order valence-electron chi connectivity index (χ4n) is 5.57. The SMILES string of the molecule is CCCCCCCCCCCCC(CCCCCCCCCC)CN(C)C(CN(C)C)C(=O)NC(C)(C)C. The van der Waals surface area contributed by atoms with Gasteiger partial charge in [0.2, 0.25) is 5.91 Å². The average Bonchev–Trinajstić information content (AvgIpc) is 2.83. The fraction of sp³-hybridized carbons (Fsp3) is 0.971. The molecular weight excluding hydrogens is 466 g/mol. The van der Waals surface area contributed by atoms with E-state index in [9.17, 15) is 4.79 Å². The van der Waals surface area contributed by atoms with E-state index in [4.69, 9.17) is 0 Å². The first-order chi connectivity index (χ1) is 18.1. The van der Waals surface area contributed by atoms with Crippen molar-refractivity contribution in [1.29, 1.82) is 0 Å². The van der Waals surface area contributed by atoms with Crippen molar-refractivity contribution in [2.75, 3.05) is 34.2 Å². The molecule has 4 nitrogen and oxygen atoms in total. The molecule has 0 fully saturated rings. The molecule has 0 heterocycles. The molecule has 0 bridgehead atoms. The van der Waals surface area contributed by atoms with Crippen molar-refractivity contribution in [2.45, 2.75) is 175 Å². The highest BCUT2D eigenvalue weighted by molar-refractivity contribution is 5.82. The summed E-state index contributed by atoms with van der Waals surface area (Å²) in [6, 6.07) is -0.0991. The predicted octanol–water partition coefficient (Wildman–Crippen LogP) is 9.22. The first-order valence-electron chi connectivity index (χ1n) is 16.8. The molecule has 0 aliphatic rings. The molecule has 0 aromatic heterocycles. The monoisotopic (exact) mass is 538 g/mol. The number of nitrogens with one attached hydrogen (secondary N) is 1. The lowest BCUT2D eigenvalue weighted by Gasteiger charge is -2.34. The molecule has 0 aromatic carbocycles. The highest BCUT2D eigenvalue weighted by Gasteiger charge is 2.28. The molecule has 0 aromatic rings. The van der Waals surface area contributed by atoms with Crippen LogP contribution in [0.4, 0.5) is 0 Å². The minimum Gasteiger partial charge on any atom is -0.350 e. The van der Waals surface area contributed by atoms with Crippen molar-refractivity contribution < 1.29 is 4.79 Å². The highest BCUT2D eigenvalue weighted by atomic mass is 16.2. The molecule has 228 valence electrons. The normalized spacial score (nSPS) is 13.8. The van der Waals surface area contributed by atoms with E-state index in [1.807, 2.05) is 0 Å². The zero-order valence-electron chi connectivity index (χ0n) is 27.5. The summed E-state index contributed by atoms with van der Waals surface area (Å²) in [5.74, 6) is 0.861. The first kappa shape index (κ1) is 37.4. The van der Waals surface area contributed by atoms with Gasteiger partial charge in [-0.25, -0.2) is 0 Å². The fourth-order valence-corrected chi connectivity index (χ4v) is 5.57. The third-order valence-corrected chi connectivity index (χ3v) is 7.85. The van der Waals surface area contributed by atoms with Crippen molar-refractivity contribution in [1.82, 2.24) is 15.1 Å². The minimum absolute atomic E-state index is 0.0991. The van der Waals surface area contributed by atoms with Gasteiger partial charge in [-0.1, -0.05) is 129 Å². The third-order valence-electron chi connectivity index (χ3n) is 7.85. The molecule has 4 heteroatoms. The maximum absolute atomic E-state index is 13.2. The number of likely N-dealkylation sites (N-methyl/N-ethyl adjacent to an activating group) is 2. The summed E-state index contributed by atoms with van der Waals surface area (Å²) in [6.07, 6.45) is 27.6. The van der Waals surface area contributed by atoms with Crippen molar-refractivity contribution in [3.63, 3.8) is 0 Å². The molecule has 1 N–H and O–H groups in total. The minimum atomic E-state index is -0.199. The number of carbonyl (C=O) groups excluding carboxylic acids is 1. The van der Waals surface area contributed by atoms with Gasteiger partial charge < -0.3 is 10.2 Å². The third kappa shape index (κ3) is 23.3. The molecule has 1 amide bonds. The van der Waals surface area contributed by atoms with Crippen LogP contribution in [0, 0.1) is 5.92 Å². The lowest BCUT2D eigenvalue weighted by molar-refractivity contribution is -0.128. The summed E-state index contributed by atoms with van der Waals surface area (Å²) in [4.78, 5) is 17.7. The largest absolute Gasteiger partial charge is 0.350 e. The summed E-state index contributed by atoms with van der Waals surface area (Å²) >= 11 is 0. The van der Waals surface area contributed by atoms with E-state index in [1.54, 1.807) is 0 Å². The Labute approximate surface area is 240 Å². The number of hydrogen-bond donors (Lipinski definition) is 1. The van der Waals surface area contributed by atoms with E-state index in [-0.39, 0.29) is 17.5 Å². The molecule has 0 radical (unpaired) electrons. The van der Waals surface area contributed by atoms with Gasteiger partial charge in [0.1, 0.15) is 6.04 Å². The van der Waals surface area contributed by atoms with Crippen LogP contribution in [0.1, 0.15) is 163 Å². The predicted molar refractivity (Wildman–Crippen MR) is 170 cm³/mol. The van der Waals surface area contributed by atoms with E-state index in [0.717, 1.165) is 13.1 Å². The number of amides is 1. The number of hydrogen-bond acceptors (Lipinski definition) is 3. The molecule has 2 unspecified atom stereocenters. The van der Waals surface area contributed by atoms with Crippen LogP contribution < -0.4 is 5.32 Å². The van der Waals surface area contributed by atoms with Crippen LogP contribution in [0.25, 0.3) is 0 Å². The van der Waals surface area contributed by atoms with Crippen LogP contribution in [0.15, 0.2) is 0 Å². The molecule has 0 rings (SSSR count). The van der Waals surface area contributed by atoms with Crippen LogP contribution >= 0.6 is 0 Å². The van der Waals surface area contributed by atoms with Crippen molar-refractivity contribution in [3.8, 4) is 0 Å². The van der Waals surface area contributed by atoms with Crippen molar-refractivity contribution in [2.24, 2.45) is 5.92 Å². The Morgan fingerprint density at radius 3 is 1.32 bits per heavy atom. The number of carbonyl (C=O) groups is 1. The van der Waals surface area contributed by atoms with Crippen LogP contribution in [0.3, 0.4) is 0 Å². The molecule has 0 aliphatic heterocycles. The van der Waals surface area contributed by atoms with E-state index in [1.165, 1.54) is 128 Å². The highest BCUT2D eigenvalue weighted by Crippen LogP contribution is 2.22. The molecule has 0 aliphatic carbocycles. The number of nitrogens with zero attached hydrogens (tertiary/aromatic N) is 2. The van der Waals surface area contributed by atoms with Gasteiger partial charge >= 0.3 is 0 Å². The standard InChI is InChI=1S/C34H71N3O/c1-9-11-13-15-17-19-20-22-24-26-28-31(27-25-23-21-18-16-14-12-10-2)29-37(8)32(30-36(6)7)33(38)35-34(3,4)5/h31-32H,9-30H2,1-8H3,(H,35,38). The summed E-state index contributed by atoms with van der Waals surface area (Å²) in [6.45, 7) is 12.6. The zero-order valence-corrected chi connectivity index (χ0v) is 27.5. The quantitative estimate of drug-likeness (QED) is 0.112. The Morgan fingerprint density at radius 1 is 0.605 bits per heavy atom. The van der Waals surface area contributed by atoms with E-state index < -0.39 is 0 Å². The van der Waals surface area contributed by atoms with Gasteiger partial charge in [0.25, 0.3) is 0 Å². The van der Waals surface area contributed by atoms with Crippen LogP contribution in [0.2, 0.25) is 0 Å². The van der Waals surface area contributed by atoms with Gasteiger partial charge in [0, 0.05) is 18.6 Å². The maximum atomic E-state index is 13.2. The molecule has 0 saturated carbocycles. The summed E-state index contributed by atoms with van der Waals surface area (Å²) in [7, 11) is 6.33. The van der Waals surface area contributed by atoms with E-state index >= 15 is 0 Å². The van der Waals surface area contributed by atoms with Gasteiger partial charge in [-0.3, -0.25) is 9.69 Å². The number of rotatable bonds is 26. The lowest BCUT2D eigenvalue weighted by Crippen LogP contribution is -2.55. The second kappa shape index (κ2) is 24.2. The molecule has 0 spiro atoms. The smallest absolute Gasteiger partial charge is 0.239 e. The first-order valence-corrected chi connectivity index (χ1v) is 16.8. The zero-order chi connectivity index (χ0) is 28.7. The van der Waals surface area contributed by atoms with Gasteiger partial charge in [-0.05, 0) is 60.7 Å². The number of unbranched alkanes of at least 4 members (excludes halogenated alkanes) is 16. The summed E-state index contributed by atoms with van der Waals surface area (Å²) in [5, 5.41) is 3.24. The topological polar surface area (TPSA) is 35.6 Å². The molecular formula is C34H71N3O. The molecule has 38 heavy (non-hydrogen) atoms. The Hall–Kier alpha value is -0.610. The molecule has 2 atom stereocenters. The maximum Gasteiger partial charge on any atom is 0.239 e. The summed E-state index contributed by atoms with van der Waals surface area (Å²) < 4.78 is 0. The van der Waals surface area contributed by atoms with Gasteiger partial charge in [0.05, 0.1) is 0 Å². The Kier molecular flexibility index (Phi) is 23.8. The van der Waals surface area contributed by atoms with E-state index in [0.29, 0.717) is 5.92 Å². The van der Waals surface area contributed by atoms with Gasteiger partial charge in [-0.15, -0.1) is 0 Å². The second-order valence-corrected chi connectivity index (χ2v) is 13.6. The van der Waals surface area contributed by atoms with Gasteiger partial charge in [-0.2, -0.15) is 0 Å². The van der Waals surface area contributed by atoms with Crippen LogP contribution in [0.5, 0.6) is 0 Å². The lowest BCUT2D eigenvalue weighted by atomic mass is 9.93. The average molecular weight is 538 g/mol. The summed E-state index contributed by atoms with van der Waals surface area (Å²) in [5.41, 5.74) is -0.199. The van der Waals surface area contributed by atoms with Crippen molar-refractivity contribution >= 4 is 5.91 Å². The van der Waals surface area contributed by atoms with Crippen LogP contribution in [-0.2, 0) is 4.79 Å². The van der Waals surface area contributed by atoms with Crippen LogP contribution in [-0.4, -0.2) is 61.5 Å². The molecule has 0 saturated heterocycles. The Bertz CT molecular complexity index is 528. The Morgan fingerprint density at radius 2 is 0.974 bits per heavy atom. The van der Waals surface area contributed by atoms with Crippen molar-refractivity contribution in [3.05, 3.63) is 0 Å². The Balaban J connectivity index is 4.72. The second-order valence-electron chi connectivity index (χ2n) is 13.6. The van der Waals surface area contributed by atoms with E-state index in [2.05, 4.69) is 70.9 Å².